The number of carbonyl (C=O) groups excluding carboxylic acids is 2. The van der Waals surface area contributed by atoms with E-state index in [4.69, 9.17) is 23.7 Å². The van der Waals surface area contributed by atoms with E-state index in [-0.39, 0.29) is 24.7 Å². The van der Waals surface area contributed by atoms with Crippen molar-refractivity contribution >= 4 is 17.4 Å². The first-order valence-corrected chi connectivity index (χ1v) is 11.3. The van der Waals surface area contributed by atoms with E-state index in [0.717, 1.165) is 0 Å². The van der Waals surface area contributed by atoms with Crippen LogP contribution in [0, 0.1) is 0 Å². The normalized spacial score (nSPS) is 17.7. The Morgan fingerprint density at radius 2 is 1.76 bits per heavy atom. The summed E-state index contributed by atoms with van der Waals surface area (Å²) in [5.74, 6) is 0.0621. The maximum absolute atomic E-state index is 13.4. The van der Waals surface area contributed by atoms with Gasteiger partial charge < -0.3 is 33.7 Å². The Labute approximate surface area is 212 Å². The lowest BCUT2D eigenvalue weighted by molar-refractivity contribution is -0.140. The molecule has 1 N–H and O–H groups in total. The van der Waals surface area contributed by atoms with E-state index < -0.39 is 17.7 Å². The molecule has 2 aliphatic heterocycles. The first-order chi connectivity index (χ1) is 18.0. The monoisotopic (exact) mass is 504 g/mol. The van der Waals surface area contributed by atoms with Gasteiger partial charge in [0.25, 0.3) is 11.7 Å². The Hall–Kier alpha value is -4.73. The van der Waals surface area contributed by atoms with Crippen LogP contribution in [0.25, 0.3) is 5.76 Å². The highest BCUT2D eigenvalue weighted by Crippen LogP contribution is 2.46. The third kappa shape index (κ3) is 4.16. The molecule has 10 heteroatoms. The molecule has 3 heterocycles. The molecule has 5 rings (SSSR count). The third-order valence-corrected chi connectivity index (χ3v) is 6.26. The van der Waals surface area contributed by atoms with Gasteiger partial charge in [-0.15, -0.1) is 0 Å². The van der Waals surface area contributed by atoms with Crippen molar-refractivity contribution in [3.63, 3.8) is 0 Å². The number of Topliss-reactive ketones (excluding diaryl/α,β-unsaturated/α-hetero) is 1. The van der Waals surface area contributed by atoms with Crippen molar-refractivity contribution in [3.8, 4) is 28.7 Å². The third-order valence-electron chi connectivity index (χ3n) is 6.26. The van der Waals surface area contributed by atoms with E-state index in [2.05, 4.69) is 4.98 Å². The summed E-state index contributed by atoms with van der Waals surface area (Å²) in [5, 5.41) is 11.4. The van der Waals surface area contributed by atoms with Crippen LogP contribution in [0.2, 0.25) is 0 Å². The fourth-order valence-corrected chi connectivity index (χ4v) is 4.54. The average molecular weight is 504 g/mol. The first-order valence-electron chi connectivity index (χ1n) is 11.3. The van der Waals surface area contributed by atoms with E-state index in [1.54, 1.807) is 54.9 Å². The SMILES string of the molecule is COc1cc(C2/C(=C(\O)c3ccc4c(c3)OCO4)C(=O)C(=O)N2Cc2cccnc2)cc(OC)c1OC. The van der Waals surface area contributed by atoms with E-state index in [0.29, 0.717) is 45.4 Å². The number of hydrogen-bond donors (Lipinski definition) is 1. The van der Waals surface area contributed by atoms with Crippen LogP contribution < -0.4 is 23.7 Å². The molecule has 10 nitrogen and oxygen atoms in total. The summed E-state index contributed by atoms with van der Waals surface area (Å²) in [6.07, 6.45) is 3.23. The zero-order chi connectivity index (χ0) is 26.1. The molecule has 37 heavy (non-hydrogen) atoms. The van der Waals surface area contributed by atoms with Crippen LogP contribution >= 0.6 is 0 Å². The molecular weight excluding hydrogens is 480 g/mol. The number of rotatable bonds is 7. The molecule has 1 saturated heterocycles. The molecule has 1 amide bonds. The molecule has 0 aliphatic carbocycles. The van der Waals surface area contributed by atoms with Crippen LogP contribution in [0.4, 0.5) is 0 Å². The number of ether oxygens (including phenoxy) is 5. The zero-order valence-electron chi connectivity index (χ0n) is 20.4. The van der Waals surface area contributed by atoms with Gasteiger partial charge in [0.2, 0.25) is 12.5 Å². The van der Waals surface area contributed by atoms with E-state index >= 15 is 0 Å². The van der Waals surface area contributed by atoms with Crippen molar-refractivity contribution in [2.24, 2.45) is 0 Å². The Balaban J connectivity index is 1.70. The number of likely N-dealkylation sites (tertiary alicyclic amines) is 1. The van der Waals surface area contributed by atoms with Gasteiger partial charge in [-0.1, -0.05) is 6.07 Å². The number of hydrogen-bond acceptors (Lipinski definition) is 9. The van der Waals surface area contributed by atoms with Crippen LogP contribution in [0.15, 0.2) is 60.4 Å². The van der Waals surface area contributed by atoms with Gasteiger partial charge >= 0.3 is 0 Å². The van der Waals surface area contributed by atoms with Gasteiger partial charge in [0.05, 0.1) is 32.9 Å². The second-order valence-electron chi connectivity index (χ2n) is 8.31. The second-order valence-corrected chi connectivity index (χ2v) is 8.31. The highest BCUT2D eigenvalue weighted by atomic mass is 16.7. The summed E-state index contributed by atoms with van der Waals surface area (Å²) < 4.78 is 27.2. The number of methoxy groups -OCH3 is 3. The fraction of sp³-hybridized carbons (Fsp3) is 0.222. The molecule has 3 aromatic rings. The Morgan fingerprint density at radius 1 is 1.03 bits per heavy atom. The van der Waals surface area contributed by atoms with E-state index in [1.807, 2.05) is 0 Å². The number of amides is 1. The molecule has 1 fully saturated rings. The molecule has 0 radical (unpaired) electrons. The number of fused-ring (bicyclic) bond motifs is 1. The molecule has 2 aromatic carbocycles. The molecule has 190 valence electrons. The van der Waals surface area contributed by atoms with Gasteiger partial charge in [-0.2, -0.15) is 0 Å². The molecule has 1 atom stereocenters. The highest BCUT2D eigenvalue weighted by Gasteiger charge is 2.46. The maximum Gasteiger partial charge on any atom is 0.295 e. The van der Waals surface area contributed by atoms with Crippen molar-refractivity contribution in [1.29, 1.82) is 0 Å². The van der Waals surface area contributed by atoms with Crippen LogP contribution in [-0.2, 0) is 16.1 Å². The number of aliphatic hydroxyl groups excluding tert-OH is 1. The minimum Gasteiger partial charge on any atom is -0.507 e. The van der Waals surface area contributed by atoms with Gasteiger partial charge in [0, 0.05) is 24.5 Å². The largest absolute Gasteiger partial charge is 0.507 e. The Morgan fingerprint density at radius 3 is 2.41 bits per heavy atom. The quantitative estimate of drug-likeness (QED) is 0.293. The molecule has 2 aliphatic rings. The molecule has 1 aromatic heterocycles. The number of aromatic nitrogens is 1. The number of aliphatic hydroxyl groups is 1. The summed E-state index contributed by atoms with van der Waals surface area (Å²) in [7, 11) is 4.43. The van der Waals surface area contributed by atoms with Crippen LogP contribution in [-0.4, -0.2) is 54.8 Å². The Bertz CT molecular complexity index is 1380. The minimum atomic E-state index is -0.959. The van der Waals surface area contributed by atoms with Gasteiger partial charge in [0.15, 0.2) is 23.0 Å². The van der Waals surface area contributed by atoms with E-state index in [1.165, 1.54) is 26.2 Å². The van der Waals surface area contributed by atoms with Crippen molar-refractivity contribution < 1.29 is 38.4 Å². The average Bonchev–Trinajstić information content (AvgIpc) is 3.50. The lowest BCUT2D eigenvalue weighted by atomic mass is 9.94. The number of carbonyl (C=O) groups is 2. The van der Waals surface area contributed by atoms with Gasteiger partial charge in [-0.3, -0.25) is 14.6 Å². The summed E-state index contributed by atoms with van der Waals surface area (Å²) in [5.41, 5.74) is 1.42. The molecule has 0 saturated carbocycles. The summed E-state index contributed by atoms with van der Waals surface area (Å²) in [4.78, 5) is 32.2. The minimum absolute atomic E-state index is 0.0560. The molecule has 0 bridgehead atoms. The van der Waals surface area contributed by atoms with Crippen LogP contribution in [0.5, 0.6) is 28.7 Å². The summed E-state index contributed by atoms with van der Waals surface area (Å²) in [6, 6.07) is 10.7. The van der Waals surface area contributed by atoms with Crippen molar-refractivity contribution in [2.75, 3.05) is 28.1 Å². The smallest absolute Gasteiger partial charge is 0.295 e. The van der Waals surface area contributed by atoms with Crippen LogP contribution in [0.3, 0.4) is 0 Å². The number of ketones is 1. The first kappa shape index (κ1) is 24.0. The lowest BCUT2D eigenvalue weighted by Crippen LogP contribution is -2.29. The van der Waals surface area contributed by atoms with Gasteiger partial charge in [-0.25, -0.2) is 0 Å². The zero-order valence-corrected chi connectivity index (χ0v) is 20.4. The predicted molar refractivity (Wildman–Crippen MR) is 131 cm³/mol. The molecule has 1 unspecified atom stereocenters. The topological polar surface area (TPSA) is 117 Å². The number of nitrogens with zero attached hydrogens (tertiary/aromatic N) is 2. The van der Waals surface area contributed by atoms with Gasteiger partial charge in [0.1, 0.15) is 5.76 Å². The molecular formula is C27H24N2O8. The predicted octanol–water partition coefficient (Wildman–Crippen LogP) is 3.46. The molecule has 0 spiro atoms. The van der Waals surface area contributed by atoms with Crippen LogP contribution in [0.1, 0.15) is 22.7 Å². The number of pyridine rings is 1. The summed E-state index contributed by atoms with van der Waals surface area (Å²) >= 11 is 0. The highest BCUT2D eigenvalue weighted by molar-refractivity contribution is 6.46. The maximum atomic E-state index is 13.4. The number of benzene rings is 2. The Kier molecular flexibility index (Phi) is 6.31. The van der Waals surface area contributed by atoms with Gasteiger partial charge in [-0.05, 0) is 47.5 Å². The van der Waals surface area contributed by atoms with Crippen molar-refractivity contribution in [3.05, 3.63) is 77.1 Å². The second kappa shape index (κ2) is 9.73. The standard InChI is InChI=1S/C27H24N2O8/c1-33-20-10-17(11-21(34-2)26(20)35-3)23-22(24(30)16-6-7-18-19(9-16)37-14-36-18)25(31)27(32)29(23)13-15-5-4-8-28-12-15/h4-12,23,30H,13-14H2,1-3H3/b24-22+. The fourth-order valence-electron chi connectivity index (χ4n) is 4.54. The summed E-state index contributed by atoms with van der Waals surface area (Å²) in [6.45, 7) is 0.137. The van der Waals surface area contributed by atoms with Crippen molar-refractivity contribution in [2.45, 2.75) is 12.6 Å². The van der Waals surface area contributed by atoms with E-state index in [9.17, 15) is 14.7 Å². The van der Waals surface area contributed by atoms with Crippen molar-refractivity contribution in [1.82, 2.24) is 9.88 Å². The lowest BCUT2D eigenvalue weighted by Gasteiger charge is -2.26.